The number of aromatic nitrogens is 2. The van der Waals surface area contributed by atoms with Crippen LogP contribution >= 0.6 is 0 Å². The third-order valence-corrected chi connectivity index (χ3v) is 4.27. The molecule has 1 aliphatic carbocycles. The second-order valence-electron chi connectivity index (χ2n) is 5.73. The highest BCUT2D eigenvalue weighted by Gasteiger charge is 2.18. The molecule has 0 amide bonds. The van der Waals surface area contributed by atoms with Crippen molar-refractivity contribution in [2.45, 2.75) is 70.6 Å². The summed E-state index contributed by atoms with van der Waals surface area (Å²) in [6.07, 6.45) is 9.90. The predicted octanol–water partition coefficient (Wildman–Crippen LogP) is 2.68. The van der Waals surface area contributed by atoms with Crippen LogP contribution in [-0.2, 0) is 11.3 Å². The zero-order valence-electron chi connectivity index (χ0n) is 12.2. The molecule has 1 heterocycles. The van der Waals surface area contributed by atoms with Crippen molar-refractivity contribution in [3.63, 3.8) is 0 Å². The molecule has 1 unspecified atom stereocenters. The lowest BCUT2D eigenvalue weighted by atomic mass is 9.94. The van der Waals surface area contributed by atoms with E-state index in [4.69, 9.17) is 10.5 Å². The molecule has 0 spiro atoms. The Morgan fingerprint density at radius 1 is 1.42 bits per heavy atom. The molecule has 1 fully saturated rings. The quantitative estimate of drug-likeness (QED) is 0.860. The molecule has 2 rings (SSSR count). The molecule has 2 N–H and O–H groups in total. The van der Waals surface area contributed by atoms with E-state index in [0.29, 0.717) is 18.1 Å². The molecule has 0 aromatic carbocycles. The SMILES string of the molecule is CCC(C)c1cncn1CCOC1CCC(N)CC1. The van der Waals surface area contributed by atoms with E-state index in [2.05, 4.69) is 23.4 Å². The molecular weight excluding hydrogens is 238 g/mol. The highest BCUT2D eigenvalue weighted by atomic mass is 16.5. The molecule has 4 nitrogen and oxygen atoms in total. The molecule has 1 atom stereocenters. The van der Waals surface area contributed by atoms with E-state index >= 15 is 0 Å². The van der Waals surface area contributed by atoms with Crippen LogP contribution in [0.5, 0.6) is 0 Å². The first kappa shape index (κ1) is 14.5. The van der Waals surface area contributed by atoms with Gasteiger partial charge in [-0.1, -0.05) is 13.8 Å². The average Bonchev–Trinajstić information content (AvgIpc) is 2.88. The van der Waals surface area contributed by atoms with Crippen LogP contribution in [0.4, 0.5) is 0 Å². The van der Waals surface area contributed by atoms with Crippen LogP contribution in [0, 0.1) is 0 Å². The number of hydrogen-bond donors (Lipinski definition) is 1. The van der Waals surface area contributed by atoms with Crippen molar-refractivity contribution in [2.24, 2.45) is 5.73 Å². The van der Waals surface area contributed by atoms with Crippen molar-refractivity contribution >= 4 is 0 Å². The van der Waals surface area contributed by atoms with Crippen LogP contribution in [0.2, 0.25) is 0 Å². The zero-order valence-corrected chi connectivity index (χ0v) is 12.2. The molecule has 1 aliphatic rings. The van der Waals surface area contributed by atoms with Crippen molar-refractivity contribution in [1.82, 2.24) is 9.55 Å². The summed E-state index contributed by atoms with van der Waals surface area (Å²) in [5.41, 5.74) is 7.22. The van der Waals surface area contributed by atoms with Crippen molar-refractivity contribution in [1.29, 1.82) is 0 Å². The first-order chi connectivity index (χ1) is 9.20. The smallest absolute Gasteiger partial charge is 0.0949 e. The minimum absolute atomic E-state index is 0.394. The molecule has 1 aromatic heterocycles. The van der Waals surface area contributed by atoms with Gasteiger partial charge in [0.15, 0.2) is 0 Å². The van der Waals surface area contributed by atoms with Crippen molar-refractivity contribution in [2.75, 3.05) is 6.61 Å². The van der Waals surface area contributed by atoms with Crippen molar-refractivity contribution < 1.29 is 4.74 Å². The number of ether oxygens (including phenoxy) is 1. The lowest BCUT2D eigenvalue weighted by molar-refractivity contribution is 0.0206. The predicted molar refractivity (Wildman–Crippen MR) is 77.1 cm³/mol. The van der Waals surface area contributed by atoms with Gasteiger partial charge >= 0.3 is 0 Å². The molecule has 1 aromatic rings. The van der Waals surface area contributed by atoms with Gasteiger partial charge < -0.3 is 15.0 Å². The zero-order chi connectivity index (χ0) is 13.7. The maximum atomic E-state index is 5.97. The fraction of sp³-hybridized carbons (Fsp3) is 0.800. The van der Waals surface area contributed by atoms with E-state index in [1.807, 2.05) is 12.5 Å². The Balaban J connectivity index is 1.75. The summed E-state index contributed by atoms with van der Waals surface area (Å²) in [4.78, 5) is 4.26. The van der Waals surface area contributed by atoms with E-state index < -0.39 is 0 Å². The van der Waals surface area contributed by atoms with Gasteiger partial charge in [-0.2, -0.15) is 0 Å². The second-order valence-corrected chi connectivity index (χ2v) is 5.73. The monoisotopic (exact) mass is 265 g/mol. The van der Waals surface area contributed by atoms with E-state index in [9.17, 15) is 0 Å². The minimum Gasteiger partial charge on any atom is -0.376 e. The Hall–Kier alpha value is -0.870. The summed E-state index contributed by atoms with van der Waals surface area (Å²) in [6.45, 7) is 6.14. The van der Waals surface area contributed by atoms with Gasteiger partial charge in [0.05, 0.1) is 19.0 Å². The lowest BCUT2D eigenvalue weighted by Gasteiger charge is -2.26. The van der Waals surface area contributed by atoms with E-state index in [0.717, 1.165) is 45.3 Å². The van der Waals surface area contributed by atoms with Crippen LogP contribution in [0.1, 0.15) is 57.6 Å². The topological polar surface area (TPSA) is 53.1 Å². The lowest BCUT2D eigenvalue weighted by Crippen LogP contribution is -2.30. The van der Waals surface area contributed by atoms with Gasteiger partial charge in [-0.3, -0.25) is 0 Å². The summed E-state index contributed by atoms with van der Waals surface area (Å²) in [6, 6.07) is 0.394. The Morgan fingerprint density at radius 3 is 2.84 bits per heavy atom. The fourth-order valence-electron chi connectivity index (χ4n) is 2.71. The van der Waals surface area contributed by atoms with Gasteiger partial charge in [0.2, 0.25) is 0 Å². The van der Waals surface area contributed by atoms with Crippen molar-refractivity contribution in [3.8, 4) is 0 Å². The van der Waals surface area contributed by atoms with Crippen molar-refractivity contribution in [3.05, 3.63) is 18.2 Å². The largest absolute Gasteiger partial charge is 0.376 e. The Kier molecular flexibility index (Phi) is 5.40. The average molecular weight is 265 g/mol. The van der Waals surface area contributed by atoms with Crippen LogP contribution in [0.15, 0.2) is 12.5 Å². The molecule has 1 saturated carbocycles. The molecular formula is C15H27N3O. The van der Waals surface area contributed by atoms with Gasteiger partial charge in [0.25, 0.3) is 0 Å². The number of hydrogen-bond acceptors (Lipinski definition) is 3. The van der Waals surface area contributed by atoms with Crippen LogP contribution in [0.25, 0.3) is 0 Å². The van der Waals surface area contributed by atoms with E-state index in [-0.39, 0.29) is 0 Å². The normalized spacial score (nSPS) is 25.4. The molecule has 0 aliphatic heterocycles. The first-order valence-electron chi connectivity index (χ1n) is 7.58. The summed E-state index contributed by atoms with van der Waals surface area (Å²) >= 11 is 0. The van der Waals surface area contributed by atoms with E-state index in [1.54, 1.807) is 0 Å². The van der Waals surface area contributed by atoms with E-state index in [1.165, 1.54) is 5.69 Å². The maximum absolute atomic E-state index is 5.97. The third-order valence-electron chi connectivity index (χ3n) is 4.27. The summed E-state index contributed by atoms with van der Waals surface area (Å²) in [7, 11) is 0. The fourth-order valence-corrected chi connectivity index (χ4v) is 2.71. The Bertz CT molecular complexity index is 369. The first-order valence-corrected chi connectivity index (χ1v) is 7.58. The maximum Gasteiger partial charge on any atom is 0.0949 e. The molecule has 0 bridgehead atoms. The molecule has 0 radical (unpaired) electrons. The molecule has 0 saturated heterocycles. The standard InChI is InChI=1S/C15H27N3O/c1-3-12(2)15-10-17-11-18(15)8-9-19-14-6-4-13(16)5-7-14/h10-14H,3-9,16H2,1-2H3. The van der Waals surface area contributed by atoms with Crippen LogP contribution in [0.3, 0.4) is 0 Å². The van der Waals surface area contributed by atoms with Gasteiger partial charge in [-0.15, -0.1) is 0 Å². The van der Waals surface area contributed by atoms with Crippen LogP contribution in [-0.4, -0.2) is 28.3 Å². The number of nitrogens with two attached hydrogens (primary N) is 1. The highest BCUT2D eigenvalue weighted by Crippen LogP contribution is 2.21. The Morgan fingerprint density at radius 2 is 2.16 bits per heavy atom. The minimum atomic E-state index is 0.394. The number of nitrogens with zero attached hydrogens (tertiary/aromatic N) is 2. The highest BCUT2D eigenvalue weighted by molar-refractivity contribution is 5.04. The molecule has 4 heteroatoms. The number of rotatable bonds is 6. The third kappa shape index (κ3) is 4.05. The van der Waals surface area contributed by atoms with Gasteiger partial charge in [0.1, 0.15) is 0 Å². The summed E-state index contributed by atoms with van der Waals surface area (Å²) < 4.78 is 8.19. The van der Waals surface area contributed by atoms with Crippen LogP contribution < -0.4 is 5.73 Å². The molecule has 19 heavy (non-hydrogen) atoms. The Labute approximate surface area is 116 Å². The summed E-state index contributed by atoms with van der Waals surface area (Å²) in [5, 5.41) is 0. The summed E-state index contributed by atoms with van der Waals surface area (Å²) in [5.74, 6) is 0.565. The molecule has 108 valence electrons. The second kappa shape index (κ2) is 7.06. The van der Waals surface area contributed by atoms with Gasteiger partial charge in [-0.25, -0.2) is 4.98 Å². The van der Waals surface area contributed by atoms with Gasteiger partial charge in [0, 0.05) is 24.5 Å². The van der Waals surface area contributed by atoms with Gasteiger partial charge in [-0.05, 0) is 38.0 Å². The number of imidazole rings is 1.